The van der Waals surface area contributed by atoms with E-state index in [-0.39, 0.29) is 6.04 Å². The Morgan fingerprint density at radius 3 is 2.71 bits per heavy atom. The van der Waals surface area contributed by atoms with Gasteiger partial charge in [-0.15, -0.1) is 0 Å². The Labute approximate surface area is 100 Å². The highest BCUT2D eigenvalue weighted by atomic mass is 16.5. The molecule has 0 saturated heterocycles. The number of aromatic nitrogens is 2. The standard InChI is InChI=1S/C13H15N3O/c1-9-3-4-12(8-16-9)17-13-7-11(10(2)14)5-6-15-13/h3-8,10H,14H2,1-2H3/t10-/m0/s1. The van der Waals surface area contributed by atoms with Crippen LogP contribution in [-0.4, -0.2) is 9.97 Å². The zero-order valence-corrected chi connectivity index (χ0v) is 9.92. The summed E-state index contributed by atoms with van der Waals surface area (Å²) in [6, 6.07) is 7.44. The lowest BCUT2D eigenvalue weighted by molar-refractivity contribution is 0.459. The average Bonchev–Trinajstić information content (AvgIpc) is 2.32. The van der Waals surface area contributed by atoms with E-state index < -0.39 is 0 Å². The minimum atomic E-state index is -0.0310. The van der Waals surface area contributed by atoms with E-state index in [1.807, 2.05) is 38.1 Å². The van der Waals surface area contributed by atoms with Gasteiger partial charge in [-0.3, -0.25) is 4.98 Å². The fourth-order valence-electron chi connectivity index (χ4n) is 1.40. The van der Waals surface area contributed by atoms with Crippen LogP contribution in [0.15, 0.2) is 36.7 Å². The molecule has 1 atom stereocenters. The molecule has 0 spiro atoms. The Morgan fingerprint density at radius 2 is 2.06 bits per heavy atom. The van der Waals surface area contributed by atoms with Gasteiger partial charge in [-0.1, -0.05) is 0 Å². The number of ether oxygens (including phenoxy) is 1. The van der Waals surface area contributed by atoms with E-state index in [9.17, 15) is 0 Å². The van der Waals surface area contributed by atoms with Crippen molar-refractivity contribution in [3.63, 3.8) is 0 Å². The topological polar surface area (TPSA) is 61.0 Å². The van der Waals surface area contributed by atoms with Gasteiger partial charge >= 0.3 is 0 Å². The summed E-state index contributed by atoms with van der Waals surface area (Å²) in [6.07, 6.45) is 3.37. The molecule has 2 rings (SSSR count). The van der Waals surface area contributed by atoms with Crippen molar-refractivity contribution in [2.75, 3.05) is 0 Å². The first kappa shape index (κ1) is 11.5. The van der Waals surface area contributed by atoms with Crippen LogP contribution in [0.5, 0.6) is 11.6 Å². The zero-order chi connectivity index (χ0) is 12.3. The number of nitrogens with zero attached hydrogens (tertiary/aromatic N) is 2. The third-order valence-corrected chi connectivity index (χ3v) is 2.39. The summed E-state index contributed by atoms with van der Waals surface area (Å²) >= 11 is 0. The summed E-state index contributed by atoms with van der Waals surface area (Å²) in [6.45, 7) is 3.85. The van der Waals surface area contributed by atoms with Gasteiger partial charge in [0.05, 0.1) is 6.20 Å². The summed E-state index contributed by atoms with van der Waals surface area (Å²) in [5.74, 6) is 1.20. The molecule has 4 nitrogen and oxygen atoms in total. The van der Waals surface area contributed by atoms with Crippen molar-refractivity contribution >= 4 is 0 Å². The third kappa shape index (κ3) is 3.01. The maximum absolute atomic E-state index is 5.80. The van der Waals surface area contributed by atoms with Gasteiger partial charge in [0.25, 0.3) is 0 Å². The van der Waals surface area contributed by atoms with Crippen molar-refractivity contribution in [3.05, 3.63) is 47.9 Å². The second-order valence-electron chi connectivity index (χ2n) is 3.95. The van der Waals surface area contributed by atoms with Crippen molar-refractivity contribution in [3.8, 4) is 11.6 Å². The quantitative estimate of drug-likeness (QED) is 0.878. The van der Waals surface area contributed by atoms with E-state index in [2.05, 4.69) is 9.97 Å². The lowest BCUT2D eigenvalue weighted by atomic mass is 10.1. The van der Waals surface area contributed by atoms with Crippen molar-refractivity contribution in [2.24, 2.45) is 5.73 Å². The molecule has 2 aromatic heterocycles. The molecule has 0 radical (unpaired) electrons. The van der Waals surface area contributed by atoms with Crippen molar-refractivity contribution in [1.82, 2.24) is 9.97 Å². The minimum absolute atomic E-state index is 0.0310. The maximum atomic E-state index is 5.80. The molecule has 0 unspecified atom stereocenters. The Hall–Kier alpha value is -1.94. The van der Waals surface area contributed by atoms with Gasteiger partial charge in [0.1, 0.15) is 5.75 Å². The fourth-order valence-corrected chi connectivity index (χ4v) is 1.40. The van der Waals surface area contributed by atoms with Crippen LogP contribution in [0.25, 0.3) is 0 Å². The van der Waals surface area contributed by atoms with Gasteiger partial charge in [0.15, 0.2) is 0 Å². The number of rotatable bonds is 3. The van der Waals surface area contributed by atoms with Crippen LogP contribution in [-0.2, 0) is 0 Å². The van der Waals surface area contributed by atoms with Gasteiger partial charge in [-0.2, -0.15) is 0 Å². The predicted molar refractivity (Wildman–Crippen MR) is 65.9 cm³/mol. The average molecular weight is 229 g/mol. The monoisotopic (exact) mass is 229 g/mol. The van der Waals surface area contributed by atoms with Gasteiger partial charge in [0, 0.05) is 24.0 Å². The Morgan fingerprint density at radius 1 is 1.24 bits per heavy atom. The van der Waals surface area contributed by atoms with Gasteiger partial charge < -0.3 is 10.5 Å². The summed E-state index contributed by atoms with van der Waals surface area (Å²) in [4.78, 5) is 8.29. The molecule has 2 heterocycles. The molecule has 0 aliphatic carbocycles. The summed E-state index contributed by atoms with van der Waals surface area (Å²) in [5.41, 5.74) is 7.75. The largest absolute Gasteiger partial charge is 0.437 e. The minimum Gasteiger partial charge on any atom is -0.437 e. The number of hydrogen-bond acceptors (Lipinski definition) is 4. The highest BCUT2D eigenvalue weighted by molar-refractivity contribution is 5.28. The van der Waals surface area contributed by atoms with Crippen LogP contribution < -0.4 is 10.5 Å². The van der Waals surface area contributed by atoms with E-state index in [4.69, 9.17) is 10.5 Å². The highest BCUT2D eigenvalue weighted by Crippen LogP contribution is 2.20. The normalized spacial score (nSPS) is 12.2. The smallest absolute Gasteiger partial charge is 0.219 e. The first-order valence-corrected chi connectivity index (χ1v) is 5.47. The van der Waals surface area contributed by atoms with Crippen molar-refractivity contribution in [1.29, 1.82) is 0 Å². The van der Waals surface area contributed by atoms with E-state index in [1.165, 1.54) is 0 Å². The molecule has 2 aromatic rings. The number of hydrogen-bond donors (Lipinski definition) is 1. The van der Waals surface area contributed by atoms with Crippen LogP contribution >= 0.6 is 0 Å². The molecule has 0 fully saturated rings. The molecule has 88 valence electrons. The fraction of sp³-hybridized carbons (Fsp3) is 0.231. The Balaban J connectivity index is 2.18. The SMILES string of the molecule is Cc1ccc(Oc2cc([C@H](C)N)ccn2)cn1. The van der Waals surface area contributed by atoms with Gasteiger partial charge in [-0.05, 0) is 37.6 Å². The van der Waals surface area contributed by atoms with Crippen molar-refractivity contribution < 1.29 is 4.74 Å². The molecule has 17 heavy (non-hydrogen) atoms. The molecule has 0 aliphatic heterocycles. The Bertz CT molecular complexity index is 494. The predicted octanol–water partition coefficient (Wildman–Crippen LogP) is 2.60. The third-order valence-electron chi connectivity index (χ3n) is 2.39. The van der Waals surface area contributed by atoms with E-state index in [1.54, 1.807) is 12.4 Å². The molecule has 4 heteroatoms. The number of pyridine rings is 2. The van der Waals surface area contributed by atoms with E-state index >= 15 is 0 Å². The summed E-state index contributed by atoms with van der Waals surface area (Å²) < 4.78 is 5.60. The number of aryl methyl sites for hydroxylation is 1. The molecule has 2 N–H and O–H groups in total. The molecular formula is C13H15N3O. The molecule has 0 aliphatic rings. The molecule has 0 aromatic carbocycles. The van der Waals surface area contributed by atoms with E-state index in [0.29, 0.717) is 11.6 Å². The van der Waals surface area contributed by atoms with Crippen LogP contribution in [0, 0.1) is 6.92 Å². The molecule has 0 bridgehead atoms. The van der Waals surface area contributed by atoms with E-state index in [0.717, 1.165) is 11.3 Å². The number of nitrogens with two attached hydrogens (primary N) is 1. The zero-order valence-electron chi connectivity index (χ0n) is 9.92. The van der Waals surface area contributed by atoms with Crippen LogP contribution in [0.1, 0.15) is 24.2 Å². The van der Waals surface area contributed by atoms with Crippen LogP contribution in [0.3, 0.4) is 0 Å². The van der Waals surface area contributed by atoms with Gasteiger partial charge in [-0.25, -0.2) is 4.98 Å². The first-order valence-electron chi connectivity index (χ1n) is 5.47. The summed E-state index contributed by atoms with van der Waals surface area (Å²) in [7, 11) is 0. The summed E-state index contributed by atoms with van der Waals surface area (Å²) in [5, 5.41) is 0. The molecule has 0 amide bonds. The Kier molecular flexibility index (Phi) is 3.35. The first-order chi connectivity index (χ1) is 8.15. The lowest BCUT2D eigenvalue weighted by Crippen LogP contribution is -2.05. The molecule has 0 saturated carbocycles. The lowest BCUT2D eigenvalue weighted by Gasteiger charge is -2.08. The maximum Gasteiger partial charge on any atom is 0.219 e. The molecular weight excluding hydrogens is 214 g/mol. The van der Waals surface area contributed by atoms with Crippen LogP contribution in [0.4, 0.5) is 0 Å². The second-order valence-corrected chi connectivity index (χ2v) is 3.95. The van der Waals surface area contributed by atoms with Crippen molar-refractivity contribution in [2.45, 2.75) is 19.9 Å². The highest BCUT2D eigenvalue weighted by Gasteiger charge is 2.03. The second kappa shape index (κ2) is 4.93. The van der Waals surface area contributed by atoms with Gasteiger partial charge in [0.2, 0.25) is 5.88 Å². The van der Waals surface area contributed by atoms with Crippen LogP contribution in [0.2, 0.25) is 0 Å².